The van der Waals surface area contributed by atoms with Crippen LogP contribution in [0.15, 0.2) is 60.8 Å². The van der Waals surface area contributed by atoms with Crippen molar-refractivity contribution < 1.29 is 22.4 Å². The van der Waals surface area contributed by atoms with Gasteiger partial charge in [-0.1, -0.05) is 41.5 Å². The third kappa shape index (κ3) is 4.55. The van der Waals surface area contributed by atoms with Crippen molar-refractivity contribution in [3.05, 3.63) is 94.0 Å². The number of Topliss-reactive ketones (excluding diaryl/α,β-unsaturated/α-hetero) is 1. The molecule has 1 fully saturated rings. The lowest BCUT2D eigenvalue weighted by Gasteiger charge is -2.15. The summed E-state index contributed by atoms with van der Waals surface area (Å²) in [5, 5.41) is 0.703. The maximum absolute atomic E-state index is 14.0. The zero-order chi connectivity index (χ0) is 27.5. The Hall–Kier alpha value is -3.82. The number of nitrogens with zero attached hydrogens (tertiary/aromatic N) is 2. The third-order valence-electron chi connectivity index (χ3n) is 7.07. The van der Waals surface area contributed by atoms with Crippen molar-refractivity contribution in [3.8, 4) is 0 Å². The number of halogens is 2. The molecule has 2 heterocycles. The van der Waals surface area contributed by atoms with Gasteiger partial charge in [0.2, 0.25) is 10.0 Å². The summed E-state index contributed by atoms with van der Waals surface area (Å²) < 4.78 is 43.5. The summed E-state index contributed by atoms with van der Waals surface area (Å²) in [6, 6.07) is 9.69. The molecule has 0 unspecified atom stereocenters. The fourth-order valence-electron chi connectivity index (χ4n) is 5.00. The van der Waals surface area contributed by atoms with Crippen LogP contribution in [-0.4, -0.2) is 34.9 Å². The minimum Gasteiger partial charge on any atom is -0.331 e. The van der Waals surface area contributed by atoms with Crippen molar-refractivity contribution in [2.24, 2.45) is 0 Å². The first kappa shape index (κ1) is 25.5. The third-order valence-corrected chi connectivity index (χ3v) is 9.33. The second-order valence-corrected chi connectivity index (χ2v) is 12.2. The zero-order valence-electron chi connectivity index (χ0n) is 20.9. The number of pyridine rings is 1. The Balaban J connectivity index is 1.60. The second kappa shape index (κ2) is 9.43. The van der Waals surface area contributed by atoms with Gasteiger partial charge >= 0.3 is 0 Å². The van der Waals surface area contributed by atoms with E-state index in [0.29, 0.717) is 51.3 Å². The van der Waals surface area contributed by atoms with Gasteiger partial charge < -0.3 is 4.57 Å². The number of allylic oxidation sites excluding steroid dienone is 4. The van der Waals surface area contributed by atoms with Crippen LogP contribution in [0, 0.1) is 12.7 Å². The first-order valence-corrected chi connectivity index (χ1v) is 14.4. The number of benzene rings is 2. The van der Waals surface area contributed by atoms with Gasteiger partial charge in [0.25, 0.3) is 5.91 Å². The maximum atomic E-state index is 14.0. The van der Waals surface area contributed by atoms with E-state index in [1.54, 1.807) is 29.0 Å². The fraction of sp³-hybridized carbons (Fsp3) is 0.207. The lowest BCUT2D eigenvalue weighted by molar-refractivity contribution is -0.113. The van der Waals surface area contributed by atoms with Gasteiger partial charge in [-0.2, -0.15) is 0 Å². The molecule has 2 aromatic heterocycles. The number of fused-ring (bicyclic) bond motifs is 2. The lowest BCUT2D eigenvalue weighted by Crippen LogP contribution is -2.35. The van der Waals surface area contributed by atoms with Crippen LogP contribution in [0.2, 0.25) is 5.02 Å². The average Bonchev–Trinajstić information content (AvgIpc) is 3.71. The van der Waals surface area contributed by atoms with Crippen LogP contribution >= 0.6 is 11.6 Å². The molecule has 0 saturated heterocycles. The molecule has 7 nitrogen and oxygen atoms in total. The first-order valence-electron chi connectivity index (χ1n) is 12.5. The predicted molar refractivity (Wildman–Crippen MR) is 149 cm³/mol. The molecule has 4 aromatic rings. The number of rotatable bonds is 6. The molecule has 0 bridgehead atoms. The molecule has 39 heavy (non-hydrogen) atoms. The predicted octanol–water partition coefficient (Wildman–Crippen LogP) is 5.47. The van der Waals surface area contributed by atoms with Crippen LogP contribution < -0.4 is 4.72 Å². The number of hydrogen-bond donors (Lipinski definition) is 1. The monoisotopic (exact) mass is 563 g/mol. The summed E-state index contributed by atoms with van der Waals surface area (Å²) in [4.78, 5) is 31.3. The van der Waals surface area contributed by atoms with E-state index in [2.05, 4.69) is 9.71 Å². The summed E-state index contributed by atoms with van der Waals surface area (Å²) in [7, 11) is -3.88. The average molecular weight is 564 g/mol. The Morgan fingerprint density at radius 3 is 2.72 bits per heavy atom. The number of carbonyl (C=O) groups is 2. The molecule has 0 aliphatic heterocycles. The van der Waals surface area contributed by atoms with Gasteiger partial charge in [-0.05, 0) is 50.1 Å². The van der Waals surface area contributed by atoms with Crippen molar-refractivity contribution in [2.45, 2.75) is 38.0 Å². The van der Waals surface area contributed by atoms with Gasteiger partial charge in [-0.15, -0.1) is 0 Å². The number of aromatic nitrogens is 2. The smallest absolute Gasteiger partial charge is 0.282 e. The van der Waals surface area contributed by atoms with Crippen molar-refractivity contribution in [1.82, 2.24) is 14.3 Å². The van der Waals surface area contributed by atoms with Gasteiger partial charge in [0.1, 0.15) is 11.5 Å². The summed E-state index contributed by atoms with van der Waals surface area (Å²) in [6.07, 6.45) is 7.81. The molecule has 0 atom stereocenters. The number of sulfonamides is 1. The van der Waals surface area contributed by atoms with Crippen LogP contribution in [0.25, 0.3) is 27.4 Å². The molecule has 2 aromatic carbocycles. The van der Waals surface area contributed by atoms with E-state index in [-0.39, 0.29) is 29.5 Å². The molecule has 2 aliphatic carbocycles. The standard InChI is InChI=1S/C29H23ClFN3O4S/c1-16-6-11-24-22(12-16)26(20-4-2-3-5-25(20)35)28(29(36)33-39(37,38)19-8-9-19)34(24)15-17-14-32-23-10-7-18(31)13-21(23)27(17)30/h2-4,6-7,10-14,19H,5,8-9,15H2,1H3,(H,33,36). The molecule has 2 aliphatic rings. The topological polar surface area (TPSA) is 98.1 Å². The number of carbonyl (C=O) groups excluding carboxylic acids is 2. The van der Waals surface area contributed by atoms with Gasteiger partial charge in [0.15, 0.2) is 5.78 Å². The Morgan fingerprint density at radius 1 is 1.18 bits per heavy atom. The van der Waals surface area contributed by atoms with E-state index in [1.165, 1.54) is 18.2 Å². The van der Waals surface area contributed by atoms with Gasteiger partial charge in [0, 0.05) is 45.6 Å². The van der Waals surface area contributed by atoms with Crippen LogP contribution in [0.3, 0.4) is 0 Å². The van der Waals surface area contributed by atoms with Crippen LogP contribution in [0.4, 0.5) is 4.39 Å². The highest BCUT2D eigenvalue weighted by molar-refractivity contribution is 7.91. The minimum absolute atomic E-state index is 0.0292. The summed E-state index contributed by atoms with van der Waals surface area (Å²) in [5.74, 6) is -1.48. The number of amides is 1. The van der Waals surface area contributed by atoms with Crippen molar-refractivity contribution in [3.63, 3.8) is 0 Å². The molecule has 1 N–H and O–H groups in total. The van der Waals surface area contributed by atoms with Gasteiger partial charge in [-0.3, -0.25) is 14.6 Å². The normalized spacial score (nSPS) is 15.7. The van der Waals surface area contributed by atoms with Crippen molar-refractivity contribution >= 4 is 60.7 Å². The summed E-state index contributed by atoms with van der Waals surface area (Å²) in [6.45, 7) is 1.93. The Bertz CT molecular complexity index is 1890. The highest BCUT2D eigenvalue weighted by Crippen LogP contribution is 2.37. The molecular formula is C29H23ClFN3O4S. The van der Waals surface area contributed by atoms with E-state index >= 15 is 0 Å². The van der Waals surface area contributed by atoms with Gasteiger partial charge in [-0.25, -0.2) is 17.5 Å². The van der Waals surface area contributed by atoms with Crippen LogP contribution in [0.1, 0.15) is 46.4 Å². The van der Waals surface area contributed by atoms with E-state index in [0.717, 1.165) is 5.56 Å². The van der Waals surface area contributed by atoms with E-state index in [1.807, 2.05) is 25.1 Å². The maximum Gasteiger partial charge on any atom is 0.282 e. The molecule has 0 radical (unpaired) electrons. The van der Waals surface area contributed by atoms with E-state index in [4.69, 9.17) is 11.6 Å². The molecule has 10 heteroatoms. The SMILES string of the molecule is Cc1ccc2c(c1)c(C1=CC=CCC1=O)c(C(=O)NS(=O)(=O)C1CC1)n2Cc1cnc2ccc(F)cc2c1Cl. The van der Waals surface area contributed by atoms with Crippen molar-refractivity contribution in [1.29, 1.82) is 0 Å². The van der Waals surface area contributed by atoms with Gasteiger partial charge in [0.05, 0.1) is 22.3 Å². The van der Waals surface area contributed by atoms with E-state index in [9.17, 15) is 22.4 Å². The lowest BCUT2D eigenvalue weighted by atomic mass is 9.93. The molecule has 0 spiro atoms. The largest absolute Gasteiger partial charge is 0.331 e. The second-order valence-electron chi connectivity index (χ2n) is 9.90. The number of ketones is 1. The molecular weight excluding hydrogens is 541 g/mol. The quantitative estimate of drug-likeness (QED) is 0.335. The van der Waals surface area contributed by atoms with Crippen molar-refractivity contribution in [2.75, 3.05) is 0 Å². The zero-order valence-corrected chi connectivity index (χ0v) is 22.4. The number of hydrogen-bond acceptors (Lipinski definition) is 5. The number of nitrogens with one attached hydrogen (secondary N) is 1. The highest BCUT2D eigenvalue weighted by Gasteiger charge is 2.38. The molecule has 6 rings (SSSR count). The first-order chi connectivity index (χ1) is 18.6. The van der Waals surface area contributed by atoms with E-state index < -0.39 is 27.0 Å². The Labute approximate surface area is 229 Å². The highest BCUT2D eigenvalue weighted by atomic mass is 35.5. The summed E-state index contributed by atoms with van der Waals surface area (Å²) in [5.41, 5.74) is 3.25. The molecule has 198 valence electrons. The number of aryl methyl sites for hydroxylation is 1. The summed E-state index contributed by atoms with van der Waals surface area (Å²) >= 11 is 6.72. The molecule has 1 amide bonds. The van der Waals surface area contributed by atoms with Crippen LogP contribution in [0.5, 0.6) is 0 Å². The minimum atomic E-state index is -3.88. The van der Waals surface area contributed by atoms with Crippen LogP contribution in [-0.2, 0) is 21.4 Å². The molecule has 1 saturated carbocycles. The fourth-order valence-corrected chi connectivity index (χ4v) is 6.54. The Morgan fingerprint density at radius 2 is 1.97 bits per heavy atom. The Kier molecular flexibility index (Phi) is 6.15.